The summed E-state index contributed by atoms with van der Waals surface area (Å²) in [6.07, 6.45) is 2.01. The lowest BCUT2D eigenvalue weighted by molar-refractivity contribution is -0.125. The van der Waals surface area contributed by atoms with E-state index >= 15 is 0 Å². The molecule has 0 spiro atoms. The van der Waals surface area contributed by atoms with Crippen molar-refractivity contribution in [2.45, 2.75) is 25.3 Å². The quantitative estimate of drug-likeness (QED) is 0.894. The molecule has 17 heavy (non-hydrogen) atoms. The Labute approximate surface area is 110 Å². The Balaban J connectivity index is 2.13. The molecule has 3 nitrogen and oxygen atoms in total. The van der Waals surface area contributed by atoms with Crippen molar-refractivity contribution in [3.05, 3.63) is 34.3 Å². The molecule has 4 heteroatoms. The molecule has 1 aromatic rings. The van der Waals surface area contributed by atoms with Crippen molar-refractivity contribution < 1.29 is 4.79 Å². The highest BCUT2D eigenvalue weighted by Gasteiger charge is 2.46. The van der Waals surface area contributed by atoms with Gasteiger partial charge in [-0.25, -0.2) is 0 Å². The van der Waals surface area contributed by atoms with Gasteiger partial charge >= 0.3 is 0 Å². The highest BCUT2D eigenvalue weighted by Crippen LogP contribution is 2.46. The molecule has 92 valence electrons. The van der Waals surface area contributed by atoms with Crippen LogP contribution in [0.3, 0.4) is 0 Å². The van der Waals surface area contributed by atoms with Crippen LogP contribution in [0.1, 0.15) is 25.3 Å². The third-order valence-electron chi connectivity index (χ3n) is 3.29. The Morgan fingerprint density at radius 1 is 1.59 bits per heavy atom. The molecule has 0 bridgehead atoms. The maximum atomic E-state index is 11.9. The zero-order chi connectivity index (χ0) is 12.5. The summed E-state index contributed by atoms with van der Waals surface area (Å²) in [6, 6.07) is 8.12. The number of amides is 1. The van der Waals surface area contributed by atoms with Crippen molar-refractivity contribution in [2.75, 3.05) is 6.54 Å². The molecule has 1 saturated carbocycles. The van der Waals surface area contributed by atoms with Crippen LogP contribution >= 0.6 is 15.9 Å². The van der Waals surface area contributed by atoms with Gasteiger partial charge in [-0.2, -0.15) is 0 Å². The Bertz CT molecular complexity index is 429. The number of rotatable bonds is 4. The Morgan fingerprint density at radius 3 is 2.82 bits per heavy atom. The molecule has 1 unspecified atom stereocenters. The van der Waals surface area contributed by atoms with Gasteiger partial charge in [-0.1, -0.05) is 35.0 Å². The largest absolute Gasteiger partial charge is 0.346 e. The lowest BCUT2D eigenvalue weighted by Gasteiger charge is -2.20. The molecule has 0 aromatic heterocycles. The SMILES string of the molecule is CC(CN)C(=O)NC1(c2cccc(Br)c2)CC1. The Hall–Kier alpha value is -0.870. The fourth-order valence-corrected chi connectivity index (χ4v) is 2.26. The number of nitrogens with one attached hydrogen (secondary N) is 1. The van der Waals surface area contributed by atoms with E-state index in [1.165, 1.54) is 5.56 Å². The van der Waals surface area contributed by atoms with E-state index in [2.05, 4.69) is 33.4 Å². The van der Waals surface area contributed by atoms with E-state index in [9.17, 15) is 4.79 Å². The predicted octanol–water partition coefficient (Wildman–Crippen LogP) is 2.15. The van der Waals surface area contributed by atoms with Gasteiger partial charge in [-0.05, 0) is 30.5 Å². The van der Waals surface area contributed by atoms with Gasteiger partial charge in [0.25, 0.3) is 0 Å². The lowest BCUT2D eigenvalue weighted by atomic mass is 10.0. The summed E-state index contributed by atoms with van der Waals surface area (Å²) >= 11 is 3.46. The molecule has 2 rings (SSSR count). The molecular formula is C13H17BrN2O. The first-order valence-electron chi connectivity index (χ1n) is 5.85. The first-order chi connectivity index (χ1) is 8.07. The van der Waals surface area contributed by atoms with Crippen LogP contribution in [-0.4, -0.2) is 12.5 Å². The van der Waals surface area contributed by atoms with Gasteiger partial charge in [-0.15, -0.1) is 0 Å². The number of halogens is 1. The fourth-order valence-electron chi connectivity index (χ4n) is 1.86. The van der Waals surface area contributed by atoms with Crippen LogP contribution in [0.25, 0.3) is 0 Å². The number of carbonyl (C=O) groups is 1. The molecule has 0 saturated heterocycles. The maximum absolute atomic E-state index is 11.9. The molecule has 1 amide bonds. The van der Waals surface area contributed by atoms with Crippen LogP contribution in [0.4, 0.5) is 0 Å². The van der Waals surface area contributed by atoms with Crippen LogP contribution in [0.15, 0.2) is 28.7 Å². The van der Waals surface area contributed by atoms with E-state index in [0.29, 0.717) is 6.54 Å². The number of hydrogen-bond donors (Lipinski definition) is 2. The first-order valence-corrected chi connectivity index (χ1v) is 6.65. The van der Waals surface area contributed by atoms with Crippen molar-refractivity contribution in [2.24, 2.45) is 11.7 Å². The van der Waals surface area contributed by atoms with E-state index in [1.807, 2.05) is 19.1 Å². The molecule has 1 aromatic carbocycles. The average Bonchev–Trinajstić information content (AvgIpc) is 3.09. The van der Waals surface area contributed by atoms with Crippen LogP contribution < -0.4 is 11.1 Å². The highest BCUT2D eigenvalue weighted by atomic mass is 79.9. The molecule has 0 heterocycles. The summed E-state index contributed by atoms with van der Waals surface area (Å²) in [6.45, 7) is 2.24. The molecule has 0 radical (unpaired) electrons. The molecular weight excluding hydrogens is 280 g/mol. The van der Waals surface area contributed by atoms with Gasteiger partial charge in [0.05, 0.1) is 5.54 Å². The summed E-state index contributed by atoms with van der Waals surface area (Å²) < 4.78 is 1.04. The minimum absolute atomic E-state index is 0.0463. The van der Waals surface area contributed by atoms with Gasteiger partial charge in [-0.3, -0.25) is 4.79 Å². The average molecular weight is 297 g/mol. The Morgan fingerprint density at radius 2 is 2.29 bits per heavy atom. The van der Waals surface area contributed by atoms with Crippen molar-refractivity contribution in [1.82, 2.24) is 5.32 Å². The minimum Gasteiger partial charge on any atom is -0.346 e. The second kappa shape index (κ2) is 4.78. The molecule has 1 aliphatic rings. The Kier molecular flexibility index (Phi) is 3.54. The van der Waals surface area contributed by atoms with Gasteiger partial charge in [0.2, 0.25) is 5.91 Å². The molecule has 3 N–H and O–H groups in total. The van der Waals surface area contributed by atoms with Crippen molar-refractivity contribution >= 4 is 21.8 Å². The highest BCUT2D eigenvalue weighted by molar-refractivity contribution is 9.10. The van der Waals surface area contributed by atoms with E-state index in [-0.39, 0.29) is 17.4 Å². The maximum Gasteiger partial charge on any atom is 0.224 e. The van der Waals surface area contributed by atoms with Crippen molar-refractivity contribution in [3.63, 3.8) is 0 Å². The zero-order valence-electron chi connectivity index (χ0n) is 9.87. The molecule has 1 fully saturated rings. The van der Waals surface area contributed by atoms with Gasteiger partial charge in [0.1, 0.15) is 0 Å². The number of hydrogen-bond acceptors (Lipinski definition) is 2. The normalized spacial score (nSPS) is 18.5. The molecule has 0 aliphatic heterocycles. The third kappa shape index (κ3) is 2.69. The zero-order valence-corrected chi connectivity index (χ0v) is 11.5. The number of nitrogens with two attached hydrogens (primary N) is 1. The summed E-state index contributed by atoms with van der Waals surface area (Å²) in [5.74, 6) is -0.0791. The van der Waals surface area contributed by atoms with Crippen LogP contribution in [0.5, 0.6) is 0 Å². The summed E-state index contributed by atoms with van der Waals surface area (Å²) in [7, 11) is 0. The summed E-state index contributed by atoms with van der Waals surface area (Å²) in [5, 5.41) is 3.12. The second-order valence-corrected chi connectivity index (χ2v) is 5.63. The van der Waals surface area contributed by atoms with E-state index in [4.69, 9.17) is 5.73 Å². The smallest absolute Gasteiger partial charge is 0.224 e. The number of benzene rings is 1. The van der Waals surface area contributed by atoms with Crippen molar-refractivity contribution in [1.29, 1.82) is 0 Å². The third-order valence-corrected chi connectivity index (χ3v) is 3.78. The fraction of sp³-hybridized carbons (Fsp3) is 0.462. The van der Waals surface area contributed by atoms with Crippen LogP contribution in [0.2, 0.25) is 0 Å². The van der Waals surface area contributed by atoms with Gasteiger partial charge < -0.3 is 11.1 Å². The summed E-state index contributed by atoms with van der Waals surface area (Å²) in [4.78, 5) is 11.9. The van der Waals surface area contributed by atoms with Crippen molar-refractivity contribution in [3.8, 4) is 0 Å². The molecule has 1 aliphatic carbocycles. The lowest BCUT2D eigenvalue weighted by Crippen LogP contribution is -2.40. The monoisotopic (exact) mass is 296 g/mol. The molecule has 1 atom stereocenters. The summed E-state index contributed by atoms with van der Waals surface area (Å²) in [5.41, 5.74) is 6.53. The predicted molar refractivity (Wildman–Crippen MR) is 71.4 cm³/mol. The standard InChI is InChI=1S/C13H17BrN2O/c1-9(8-15)12(17)16-13(5-6-13)10-3-2-4-11(14)7-10/h2-4,7,9H,5-6,8,15H2,1H3,(H,16,17). The van der Waals surface area contributed by atoms with Gasteiger partial charge in [0, 0.05) is 16.9 Å². The van der Waals surface area contributed by atoms with Crippen LogP contribution in [0, 0.1) is 5.92 Å². The second-order valence-electron chi connectivity index (χ2n) is 4.72. The topological polar surface area (TPSA) is 55.1 Å². The minimum atomic E-state index is -0.149. The van der Waals surface area contributed by atoms with E-state index in [0.717, 1.165) is 17.3 Å². The van der Waals surface area contributed by atoms with Gasteiger partial charge in [0.15, 0.2) is 0 Å². The van der Waals surface area contributed by atoms with E-state index in [1.54, 1.807) is 0 Å². The number of carbonyl (C=O) groups excluding carboxylic acids is 1. The first kappa shape index (κ1) is 12.6. The van der Waals surface area contributed by atoms with E-state index < -0.39 is 0 Å². The van der Waals surface area contributed by atoms with Crippen LogP contribution in [-0.2, 0) is 10.3 Å².